The summed E-state index contributed by atoms with van der Waals surface area (Å²) in [6.07, 6.45) is 2.88. The molecule has 0 aliphatic carbocycles. The minimum Gasteiger partial charge on any atom is -0.344 e. The Morgan fingerprint density at radius 1 is 0.852 bits per heavy atom. The number of fused-ring (bicyclic) bond motifs is 4. The Hall–Kier alpha value is -2.85. The summed E-state index contributed by atoms with van der Waals surface area (Å²) in [6, 6.07) is 23.6. The molecule has 1 aliphatic rings. The summed E-state index contributed by atoms with van der Waals surface area (Å²) in [7, 11) is 2.14. The van der Waals surface area contributed by atoms with Gasteiger partial charge in [-0.2, -0.15) is 0 Å². The van der Waals surface area contributed by atoms with Crippen LogP contribution >= 0.6 is 11.8 Å². The van der Waals surface area contributed by atoms with E-state index in [-0.39, 0.29) is 0 Å². The first-order valence-corrected chi connectivity index (χ1v) is 10.2. The van der Waals surface area contributed by atoms with Crippen molar-refractivity contribution < 1.29 is 0 Å². The van der Waals surface area contributed by atoms with Crippen LogP contribution in [0.1, 0.15) is 16.7 Å². The third-order valence-electron chi connectivity index (χ3n) is 5.28. The Morgan fingerprint density at radius 3 is 2.44 bits per heavy atom. The zero-order valence-electron chi connectivity index (χ0n) is 15.3. The summed E-state index contributed by atoms with van der Waals surface area (Å²) in [5.74, 6) is 0. The second kappa shape index (κ2) is 6.39. The van der Waals surface area contributed by atoms with Crippen molar-refractivity contribution in [1.82, 2.24) is 4.57 Å². The predicted octanol–water partition coefficient (Wildman–Crippen LogP) is 5.40. The highest BCUT2D eigenvalue weighted by Gasteiger charge is 2.20. The molecule has 0 atom stereocenters. The fourth-order valence-electron chi connectivity index (χ4n) is 3.90. The molecule has 5 rings (SSSR count). The Bertz CT molecular complexity index is 1230. The van der Waals surface area contributed by atoms with Crippen LogP contribution in [0.3, 0.4) is 0 Å². The van der Waals surface area contributed by atoms with Crippen molar-refractivity contribution in [2.24, 2.45) is 17.3 Å². The van der Waals surface area contributed by atoms with Crippen molar-refractivity contribution in [3.8, 4) is 0 Å². The Kier molecular flexibility index (Phi) is 3.87. The van der Waals surface area contributed by atoms with Crippen LogP contribution < -0.4 is 0 Å². The van der Waals surface area contributed by atoms with Gasteiger partial charge >= 0.3 is 0 Å². The third-order valence-corrected chi connectivity index (χ3v) is 5.98. The molecule has 0 spiro atoms. The fourth-order valence-corrected chi connectivity index (χ4v) is 4.32. The van der Waals surface area contributed by atoms with E-state index in [0.717, 1.165) is 22.7 Å². The number of aryl methyl sites for hydroxylation is 1. The zero-order valence-corrected chi connectivity index (χ0v) is 16.1. The third kappa shape index (κ3) is 2.60. The molecule has 0 amide bonds. The van der Waals surface area contributed by atoms with Gasteiger partial charge in [0.2, 0.25) is 0 Å². The molecule has 0 saturated carbocycles. The lowest BCUT2D eigenvalue weighted by Crippen LogP contribution is -2.07. The Balaban J connectivity index is 1.84. The van der Waals surface area contributed by atoms with E-state index in [1.165, 1.54) is 32.9 Å². The van der Waals surface area contributed by atoms with Crippen LogP contribution in [0, 0.1) is 0 Å². The number of aromatic nitrogens is 1. The molecule has 27 heavy (non-hydrogen) atoms. The molecular weight excluding hydrogens is 350 g/mol. The average molecular weight is 369 g/mol. The van der Waals surface area contributed by atoms with Crippen molar-refractivity contribution in [3.63, 3.8) is 0 Å². The van der Waals surface area contributed by atoms with E-state index in [0.29, 0.717) is 0 Å². The van der Waals surface area contributed by atoms with E-state index >= 15 is 0 Å². The monoisotopic (exact) mass is 369 g/mol. The molecule has 132 valence electrons. The molecule has 1 aliphatic heterocycles. The van der Waals surface area contributed by atoms with E-state index in [1.54, 1.807) is 11.8 Å². The first-order chi connectivity index (χ1) is 13.3. The summed E-state index contributed by atoms with van der Waals surface area (Å²) in [4.78, 5) is 0. The van der Waals surface area contributed by atoms with Gasteiger partial charge in [0.05, 0.1) is 5.04 Å². The molecule has 3 aromatic carbocycles. The van der Waals surface area contributed by atoms with Gasteiger partial charge in [0, 0.05) is 46.4 Å². The van der Waals surface area contributed by atoms with Crippen LogP contribution in [0.2, 0.25) is 0 Å². The van der Waals surface area contributed by atoms with E-state index in [2.05, 4.69) is 88.7 Å². The van der Waals surface area contributed by atoms with Crippen LogP contribution in [-0.4, -0.2) is 21.6 Å². The summed E-state index contributed by atoms with van der Waals surface area (Å²) < 4.78 is 2.28. The highest BCUT2D eigenvalue weighted by atomic mass is 32.2. The highest BCUT2D eigenvalue weighted by molar-refractivity contribution is 8.13. The van der Waals surface area contributed by atoms with Gasteiger partial charge in [-0.1, -0.05) is 48.5 Å². The van der Waals surface area contributed by atoms with E-state index < -0.39 is 0 Å². The first-order valence-electron chi connectivity index (χ1n) is 9.00. The highest BCUT2D eigenvalue weighted by Crippen LogP contribution is 2.33. The minimum absolute atomic E-state index is 0.813. The van der Waals surface area contributed by atoms with Crippen LogP contribution in [0.25, 0.3) is 21.8 Å². The van der Waals surface area contributed by atoms with Crippen molar-refractivity contribution in [2.45, 2.75) is 6.42 Å². The summed E-state index contributed by atoms with van der Waals surface area (Å²) in [6.45, 7) is 0. The van der Waals surface area contributed by atoms with Crippen LogP contribution in [0.4, 0.5) is 0 Å². The van der Waals surface area contributed by atoms with Crippen molar-refractivity contribution >= 4 is 44.3 Å². The molecule has 0 fully saturated rings. The zero-order chi connectivity index (χ0) is 18.4. The number of hydrogen-bond acceptors (Lipinski definition) is 3. The van der Waals surface area contributed by atoms with E-state index in [1.807, 2.05) is 6.07 Å². The van der Waals surface area contributed by atoms with E-state index in [4.69, 9.17) is 0 Å². The molecule has 0 bridgehead atoms. The average Bonchev–Trinajstić information content (AvgIpc) is 2.88. The van der Waals surface area contributed by atoms with Gasteiger partial charge in [0.25, 0.3) is 0 Å². The second-order valence-corrected chi connectivity index (χ2v) is 7.67. The molecule has 2 heterocycles. The molecule has 0 saturated heterocycles. The summed E-state index contributed by atoms with van der Waals surface area (Å²) in [5, 5.41) is 12.8. The lowest BCUT2D eigenvalue weighted by molar-refractivity contribution is 1.01. The molecule has 4 aromatic rings. The maximum atomic E-state index is 4.66. The van der Waals surface area contributed by atoms with Crippen LogP contribution in [0.5, 0.6) is 0 Å². The van der Waals surface area contributed by atoms with Gasteiger partial charge in [-0.15, -0.1) is 22.0 Å². The maximum Gasteiger partial charge on any atom is 0.100 e. The number of thioether (sulfide) groups is 1. The lowest BCUT2D eigenvalue weighted by atomic mass is 9.94. The number of benzene rings is 3. The van der Waals surface area contributed by atoms with Crippen LogP contribution in [0.15, 0.2) is 76.9 Å². The van der Waals surface area contributed by atoms with E-state index in [9.17, 15) is 0 Å². The largest absolute Gasteiger partial charge is 0.344 e. The molecule has 0 radical (unpaired) electrons. The standard InChI is InChI=1S/C23H19N3S/c1-26-20-11-7-6-10-17(20)19-14-18-16(12-21(19)26)13-22(27-2)24-25-23(18)15-8-4-3-5-9-15/h3-12,14H,13H2,1-2H3. The first kappa shape index (κ1) is 16.3. The number of hydrogen-bond donors (Lipinski definition) is 0. The molecular formula is C23H19N3S. The van der Waals surface area contributed by atoms with Gasteiger partial charge < -0.3 is 4.57 Å². The lowest BCUT2D eigenvalue weighted by Gasteiger charge is -2.11. The number of rotatable bonds is 1. The molecule has 0 unspecified atom stereocenters. The minimum atomic E-state index is 0.813. The SMILES string of the molecule is CSC1=NN=C(c2ccccc2)c2cc3c4ccccc4n(C)c3cc2C1. The van der Waals surface area contributed by atoms with Gasteiger partial charge in [-0.25, -0.2) is 0 Å². The molecule has 0 N–H and O–H groups in total. The van der Waals surface area contributed by atoms with Crippen molar-refractivity contribution in [2.75, 3.05) is 6.26 Å². The topological polar surface area (TPSA) is 29.6 Å². The second-order valence-electron chi connectivity index (χ2n) is 6.79. The fraction of sp³-hybridized carbons (Fsp3) is 0.130. The van der Waals surface area contributed by atoms with Crippen LogP contribution in [-0.2, 0) is 13.5 Å². The number of nitrogens with zero attached hydrogens (tertiary/aromatic N) is 3. The Labute approximate surface area is 162 Å². The molecule has 3 nitrogen and oxygen atoms in total. The summed E-state index contributed by atoms with van der Waals surface area (Å²) >= 11 is 1.67. The maximum absolute atomic E-state index is 4.66. The Morgan fingerprint density at radius 2 is 1.63 bits per heavy atom. The summed E-state index contributed by atoms with van der Waals surface area (Å²) in [5.41, 5.74) is 7.02. The van der Waals surface area contributed by atoms with Gasteiger partial charge in [-0.05, 0) is 30.0 Å². The number of para-hydroxylation sites is 1. The van der Waals surface area contributed by atoms with Gasteiger partial charge in [-0.3, -0.25) is 0 Å². The van der Waals surface area contributed by atoms with Gasteiger partial charge in [0.15, 0.2) is 0 Å². The molecule has 4 heteroatoms. The quantitative estimate of drug-likeness (QED) is 0.442. The van der Waals surface area contributed by atoms with Crippen molar-refractivity contribution in [1.29, 1.82) is 0 Å². The smallest absolute Gasteiger partial charge is 0.100 e. The normalized spacial score (nSPS) is 14.0. The van der Waals surface area contributed by atoms with Crippen molar-refractivity contribution in [3.05, 3.63) is 83.4 Å². The van der Waals surface area contributed by atoms with Gasteiger partial charge in [0.1, 0.15) is 5.71 Å². The predicted molar refractivity (Wildman–Crippen MR) is 117 cm³/mol. The molecule has 1 aromatic heterocycles.